The maximum absolute atomic E-state index is 5.14. The van der Waals surface area contributed by atoms with E-state index < -0.39 is 0 Å². The van der Waals surface area contributed by atoms with E-state index in [0.717, 1.165) is 32.4 Å². The maximum Gasteiger partial charge on any atom is 0.238 e. The van der Waals surface area contributed by atoms with Crippen LogP contribution in [0.4, 0.5) is 0 Å². The van der Waals surface area contributed by atoms with Crippen molar-refractivity contribution in [1.82, 2.24) is 24.5 Å². The number of para-hydroxylation sites is 1. The second-order valence-electron chi connectivity index (χ2n) is 10.3. The Morgan fingerprint density at radius 3 is 1.76 bits per heavy atom. The molecule has 0 aliphatic carbocycles. The number of nitrogens with zero attached hydrogens (tertiary/aromatic N) is 5. The Morgan fingerprint density at radius 2 is 1.07 bits per heavy atom. The fourth-order valence-corrected chi connectivity index (χ4v) is 7.32. The topological polar surface area (TPSA) is 56.5 Å². The normalized spacial score (nSPS) is 11.8. The molecule has 0 amide bonds. The lowest BCUT2D eigenvalue weighted by molar-refractivity contribution is 0.955. The average molecular weight is 556 g/mol. The minimum Gasteiger partial charge on any atom is -0.276 e. The Bertz CT molecular complexity index is 2400. The summed E-state index contributed by atoms with van der Waals surface area (Å²) in [6.07, 6.45) is 1.87. The van der Waals surface area contributed by atoms with Gasteiger partial charge >= 0.3 is 0 Å². The third kappa shape index (κ3) is 3.36. The van der Waals surface area contributed by atoms with E-state index in [1.54, 1.807) is 11.3 Å². The van der Waals surface area contributed by atoms with Gasteiger partial charge in [-0.15, -0.1) is 11.3 Å². The molecule has 0 aliphatic heterocycles. The molecule has 0 saturated heterocycles. The monoisotopic (exact) mass is 555 g/mol. The Balaban J connectivity index is 1.50. The highest BCUT2D eigenvalue weighted by molar-refractivity contribution is 7.26. The molecular weight excluding hydrogens is 534 g/mol. The Labute approximate surface area is 244 Å². The molecule has 5 nitrogen and oxygen atoms in total. The second-order valence-corrected chi connectivity index (χ2v) is 11.3. The third-order valence-electron chi connectivity index (χ3n) is 7.91. The summed E-state index contributed by atoms with van der Waals surface area (Å²) < 4.78 is 3.41. The molecule has 0 bridgehead atoms. The van der Waals surface area contributed by atoms with Gasteiger partial charge in [0.1, 0.15) is 4.83 Å². The van der Waals surface area contributed by atoms with E-state index in [4.69, 9.17) is 19.9 Å². The third-order valence-corrected chi connectivity index (χ3v) is 9.03. The lowest BCUT2D eigenvalue weighted by Crippen LogP contribution is -2.06. The SMILES string of the molecule is c1ccc(-c2nc(-c3ccccc3)nc(-n3c4ccccc4c4c5ccccc5c5c6cccnc6sc5c43)n2)cc1. The molecule has 0 fully saturated rings. The van der Waals surface area contributed by atoms with Crippen LogP contribution < -0.4 is 0 Å². The number of benzene rings is 5. The molecule has 0 atom stereocenters. The molecule has 0 aliphatic rings. The lowest BCUT2D eigenvalue weighted by atomic mass is 9.99. The molecule has 9 aromatic rings. The van der Waals surface area contributed by atoms with Crippen molar-refractivity contribution in [3.05, 3.63) is 128 Å². The van der Waals surface area contributed by atoms with E-state index in [0.29, 0.717) is 17.6 Å². The van der Waals surface area contributed by atoms with Gasteiger partial charge in [0.2, 0.25) is 5.95 Å². The molecule has 42 heavy (non-hydrogen) atoms. The summed E-state index contributed by atoms with van der Waals surface area (Å²) >= 11 is 1.73. The van der Waals surface area contributed by atoms with Crippen LogP contribution in [0.2, 0.25) is 0 Å². The first-order valence-electron chi connectivity index (χ1n) is 13.8. The van der Waals surface area contributed by atoms with Gasteiger partial charge in [0.05, 0.1) is 15.7 Å². The minimum atomic E-state index is 0.593. The summed E-state index contributed by atoms with van der Waals surface area (Å²) in [5, 5.41) is 7.18. The molecule has 0 unspecified atom stereocenters. The largest absolute Gasteiger partial charge is 0.276 e. The highest BCUT2D eigenvalue weighted by Crippen LogP contribution is 2.47. The van der Waals surface area contributed by atoms with E-state index in [2.05, 4.69) is 59.2 Å². The summed E-state index contributed by atoms with van der Waals surface area (Å²) in [6, 6.07) is 41.7. The predicted octanol–water partition coefficient (Wildman–Crippen LogP) is 9.22. The molecule has 5 aromatic carbocycles. The van der Waals surface area contributed by atoms with Crippen LogP contribution in [0.3, 0.4) is 0 Å². The number of hydrogen-bond donors (Lipinski definition) is 0. The van der Waals surface area contributed by atoms with Crippen LogP contribution in [-0.4, -0.2) is 24.5 Å². The zero-order valence-electron chi connectivity index (χ0n) is 22.3. The molecule has 0 N–H and O–H groups in total. The van der Waals surface area contributed by atoms with Gasteiger partial charge < -0.3 is 0 Å². The second kappa shape index (κ2) is 9.03. The van der Waals surface area contributed by atoms with Gasteiger partial charge in [0, 0.05) is 38.9 Å². The fraction of sp³-hybridized carbons (Fsp3) is 0. The first-order valence-corrected chi connectivity index (χ1v) is 14.7. The van der Waals surface area contributed by atoms with Crippen LogP contribution in [-0.2, 0) is 0 Å². The Morgan fingerprint density at radius 1 is 0.500 bits per heavy atom. The summed E-state index contributed by atoms with van der Waals surface area (Å²) in [6.45, 7) is 0. The highest BCUT2D eigenvalue weighted by atomic mass is 32.1. The number of pyridine rings is 1. The van der Waals surface area contributed by atoms with Crippen LogP contribution >= 0.6 is 11.3 Å². The van der Waals surface area contributed by atoms with Crippen molar-refractivity contribution < 1.29 is 0 Å². The van der Waals surface area contributed by atoms with Crippen molar-refractivity contribution in [3.8, 4) is 28.7 Å². The molecule has 196 valence electrons. The van der Waals surface area contributed by atoms with Crippen LogP contribution in [0, 0.1) is 0 Å². The summed E-state index contributed by atoms with van der Waals surface area (Å²) in [7, 11) is 0. The molecule has 4 aromatic heterocycles. The zero-order chi connectivity index (χ0) is 27.6. The lowest BCUT2D eigenvalue weighted by Gasteiger charge is -2.12. The Hall–Kier alpha value is -5.46. The van der Waals surface area contributed by atoms with Crippen molar-refractivity contribution in [1.29, 1.82) is 0 Å². The number of hydrogen-bond acceptors (Lipinski definition) is 5. The Kier molecular flexibility index (Phi) is 5.00. The van der Waals surface area contributed by atoms with Crippen LogP contribution in [0.25, 0.3) is 81.6 Å². The van der Waals surface area contributed by atoms with Crippen LogP contribution in [0.1, 0.15) is 0 Å². The summed E-state index contributed by atoms with van der Waals surface area (Å²) in [5.41, 5.74) is 4.04. The van der Waals surface area contributed by atoms with Gasteiger partial charge in [-0.1, -0.05) is 103 Å². The first kappa shape index (κ1) is 23.3. The number of thiophene rings is 1. The van der Waals surface area contributed by atoms with E-state index >= 15 is 0 Å². The average Bonchev–Trinajstić information content (AvgIpc) is 3.62. The molecule has 0 spiro atoms. The predicted molar refractivity (Wildman–Crippen MR) is 173 cm³/mol. The van der Waals surface area contributed by atoms with Gasteiger partial charge in [-0.25, -0.2) is 9.97 Å². The molecule has 0 radical (unpaired) electrons. The fourth-order valence-electron chi connectivity index (χ4n) is 6.12. The van der Waals surface area contributed by atoms with Crippen molar-refractivity contribution in [2.24, 2.45) is 0 Å². The van der Waals surface area contributed by atoms with Gasteiger partial charge in [-0.2, -0.15) is 9.97 Å². The van der Waals surface area contributed by atoms with Crippen molar-refractivity contribution in [2.75, 3.05) is 0 Å². The number of fused-ring (bicyclic) bond motifs is 10. The zero-order valence-corrected chi connectivity index (χ0v) is 23.1. The highest BCUT2D eigenvalue weighted by Gasteiger charge is 2.23. The maximum atomic E-state index is 5.14. The van der Waals surface area contributed by atoms with E-state index in [1.165, 1.54) is 31.6 Å². The molecule has 0 saturated carbocycles. The summed E-state index contributed by atoms with van der Waals surface area (Å²) in [5.74, 6) is 1.87. The number of rotatable bonds is 3. The van der Waals surface area contributed by atoms with E-state index in [9.17, 15) is 0 Å². The van der Waals surface area contributed by atoms with Gasteiger partial charge in [0.25, 0.3) is 0 Å². The van der Waals surface area contributed by atoms with Crippen molar-refractivity contribution in [2.45, 2.75) is 0 Å². The number of aromatic nitrogens is 5. The minimum absolute atomic E-state index is 0.593. The van der Waals surface area contributed by atoms with E-state index in [1.807, 2.05) is 72.9 Å². The van der Waals surface area contributed by atoms with Gasteiger partial charge in [-0.3, -0.25) is 4.57 Å². The molecule has 9 rings (SSSR count). The van der Waals surface area contributed by atoms with Gasteiger partial charge in [0.15, 0.2) is 11.6 Å². The standard InChI is InChI=1S/C36H21N5S/c1-3-12-22(13-4-1)33-38-34(23-14-5-2-6-15-23)40-36(39-33)41-28-20-10-9-18-26(28)29-24-16-7-8-17-25(24)30-27-19-11-21-37-35(27)42-32(30)31(29)41/h1-21H. The van der Waals surface area contributed by atoms with Crippen molar-refractivity contribution >= 4 is 64.2 Å². The summed E-state index contributed by atoms with van der Waals surface area (Å²) in [4.78, 5) is 21.0. The molecular formula is C36H21N5S. The van der Waals surface area contributed by atoms with Gasteiger partial charge in [-0.05, 0) is 29.0 Å². The quantitative estimate of drug-likeness (QED) is 0.218. The molecule has 6 heteroatoms. The molecule has 4 heterocycles. The van der Waals surface area contributed by atoms with Crippen LogP contribution in [0.5, 0.6) is 0 Å². The smallest absolute Gasteiger partial charge is 0.238 e. The van der Waals surface area contributed by atoms with E-state index in [-0.39, 0.29) is 0 Å². The first-order chi connectivity index (χ1) is 20.8. The van der Waals surface area contributed by atoms with Crippen LogP contribution in [0.15, 0.2) is 128 Å². The van der Waals surface area contributed by atoms with Crippen molar-refractivity contribution in [3.63, 3.8) is 0 Å².